The zero-order chi connectivity index (χ0) is 25.0. The predicted molar refractivity (Wildman–Crippen MR) is 141 cm³/mol. The first-order valence-corrected chi connectivity index (χ1v) is 13.4. The van der Waals surface area contributed by atoms with Gasteiger partial charge in [-0.05, 0) is 0 Å². The van der Waals surface area contributed by atoms with Crippen LogP contribution in [0.5, 0.6) is 0 Å². The maximum atomic E-state index is 11.5. The van der Waals surface area contributed by atoms with Crippen molar-refractivity contribution in [2.24, 2.45) is 10.8 Å². The van der Waals surface area contributed by atoms with E-state index in [1.165, 1.54) is 21.5 Å². The van der Waals surface area contributed by atoms with E-state index in [2.05, 4.69) is 62.1 Å². The van der Waals surface area contributed by atoms with Crippen LogP contribution >= 0.6 is 0 Å². The van der Waals surface area contributed by atoms with Gasteiger partial charge in [0.2, 0.25) is 0 Å². The number of ketones is 1. The number of fused-ring (bicyclic) bond motifs is 1. The summed E-state index contributed by atoms with van der Waals surface area (Å²) in [7, 11) is 0. The second-order valence-electron chi connectivity index (χ2n) is 10.7. The molecule has 1 atom stereocenters. The van der Waals surface area contributed by atoms with E-state index < -0.39 is 5.41 Å². The summed E-state index contributed by atoms with van der Waals surface area (Å²) in [5.41, 5.74) is 5.12. The topological polar surface area (TPSA) is 50.2 Å². The number of allylic oxidation sites excluding steroid dienone is 2. The van der Waals surface area contributed by atoms with Gasteiger partial charge in [-0.3, -0.25) is 4.79 Å². The Hall–Kier alpha value is -1.51. The molecule has 2 heterocycles. The number of carbonyl (C=O) groups excluding carboxylic acids is 1. The van der Waals surface area contributed by atoms with Crippen LogP contribution in [0.4, 0.5) is 0 Å². The number of benzene rings is 1. The number of nitrogens with zero attached hydrogens (tertiary/aromatic N) is 1. The summed E-state index contributed by atoms with van der Waals surface area (Å²) in [6.07, 6.45) is 2.49. The third-order valence-corrected chi connectivity index (χ3v) is 7.39. The van der Waals surface area contributed by atoms with Gasteiger partial charge < -0.3 is 5.11 Å². The van der Waals surface area contributed by atoms with Gasteiger partial charge in [-0.2, -0.15) is 0 Å². The average molecular weight is 704 g/mol. The third-order valence-electron chi connectivity index (χ3n) is 5.57. The molecule has 0 amide bonds. The van der Waals surface area contributed by atoms with Crippen LogP contribution in [0.15, 0.2) is 47.1 Å². The molecular weight excluding hydrogens is 666 g/mol. The fourth-order valence-electron chi connectivity index (χ4n) is 2.96. The summed E-state index contributed by atoms with van der Waals surface area (Å²) < 4.78 is 1.39. The zero-order valence-electron chi connectivity index (χ0n) is 21.9. The van der Waals surface area contributed by atoms with Gasteiger partial charge in [-0.15, -0.1) is 0 Å². The summed E-state index contributed by atoms with van der Waals surface area (Å²) in [6.45, 7) is 17.7. The number of hydrogen-bond donors (Lipinski definition) is 1. The van der Waals surface area contributed by atoms with Crippen molar-refractivity contribution in [2.45, 2.75) is 74.7 Å². The van der Waals surface area contributed by atoms with Crippen LogP contribution in [0.2, 0.25) is 0 Å². The molecule has 0 aliphatic rings. The fourth-order valence-corrected chi connectivity index (χ4v) is 4.48. The maximum absolute atomic E-state index is 11.5. The molecule has 0 spiro atoms. The van der Waals surface area contributed by atoms with Gasteiger partial charge in [0.25, 0.3) is 0 Å². The molecule has 0 bridgehead atoms. The van der Waals surface area contributed by atoms with Crippen molar-refractivity contribution in [1.82, 2.24) is 4.98 Å². The van der Waals surface area contributed by atoms with Crippen LogP contribution in [0, 0.1) is 23.8 Å². The molecule has 5 heteroatoms. The zero-order valence-corrected chi connectivity index (χ0v) is 26.0. The molecule has 2 aromatic heterocycles. The van der Waals surface area contributed by atoms with E-state index in [0.717, 1.165) is 23.2 Å². The van der Waals surface area contributed by atoms with Gasteiger partial charge >= 0.3 is 126 Å². The second-order valence-corrected chi connectivity index (χ2v) is 12.7. The Balaban J connectivity index is 0.000000364. The maximum Gasteiger partial charge on any atom is 0 e. The minimum Gasteiger partial charge on any atom is 0 e. The first-order valence-electron chi connectivity index (χ1n) is 11.6. The molecule has 0 aliphatic heterocycles. The quantitative estimate of drug-likeness (QED) is 0.131. The van der Waals surface area contributed by atoms with E-state index in [1.54, 1.807) is 0 Å². The van der Waals surface area contributed by atoms with Gasteiger partial charge in [-0.1, -0.05) is 41.5 Å². The van der Waals surface area contributed by atoms with Crippen LogP contribution in [-0.4, -0.2) is 30.4 Å². The molecule has 3 rings (SSSR count). The number of aromatic nitrogens is 1. The van der Waals surface area contributed by atoms with Crippen LogP contribution in [-0.2, 0) is 24.9 Å². The Morgan fingerprint density at radius 3 is 2.32 bits per heavy atom. The van der Waals surface area contributed by atoms with Crippen LogP contribution in [0.3, 0.4) is 0 Å². The molecule has 0 aliphatic carbocycles. The van der Waals surface area contributed by atoms with Crippen LogP contribution < -0.4 is 0 Å². The second kappa shape index (κ2) is 12.4. The molecule has 1 aromatic carbocycles. The Morgan fingerprint density at radius 1 is 1.12 bits per heavy atom. The number of pyridine rings is 1. The molecule has 0 fully saturated rings. The van der Waals surface area contributed by atoms with Crippen LogP contribution in [0.1, 0.15) is 78.9 Å². The molecule has 1 N–H and O–H groups in total. The largest absolute Gasteiger partial charge is 0 e. The predicted octanol–water partition coefficient (Wildman–Crippen LogP) is 7.67. The van der Waals surface area contributed by atoms with E-state index in [-0.39, 0.29) is 37.1 Å². The number of carbonyl (C=O) groups is 1. The SMILES string of the molecule is CC(C)(C)C(=O)/C=C(\O)C(C)(C)C.CCC(C)c1cc(C)[c-]c(-c2ccc3[se]ccc3n2)c1.[Ir]. The fraction of sp³-hybridized carbons (Fsp3) is 0.448. The summed E-state index contributed by atoms with van der Waals surface area (Å²) >= 11 is 0.471. The van der Waals surface area contributed by atoms with E-state index in [9.17, 15) is 9.90 Å². The van der Waals surface area contributed by atoms with Gasteiger partial charge in [0.1, 0.15) is 5.76 Å². The molecule has 1 unspecified atom stereocenters. The van der Waals surface area contributed by atoms with Crippen molar-refractivity contribution in [3.8, 4) is 11.3 Å². The summed E-state index contributed by atoms with van der Waals surface area (Å²) in [5, 5.41) is 9.56. The molecular formula is C29H38IrNO2Se-. The Labute approximate surface area is 225 Å². The number of aryl methyl sites for hydroxylation is 1. The summed E-state index contributed by atoms with van der Waals surface area (Å²) in [5.74, 6) is 0.687. The molecule has 1 radical (unpaired) electrons. The molecule has 3 nitrogen and oxygen atoms in total. The third kappa shape index (κ3) is 8.61. The average Bonchev–Trinajstić information content (AvgIpc) is 3.19. The number of hydrogen-bond acceptors (Lipinski definition) is 3. The number of rotatable bonds is 4. The summed E-state index contributed by atoms with van der Waals surface area (Å²) in [4.78, 5) is 18.5. The Kier molecular flexibility index (Phi) is 11.2. The molecule has 0 saturated carbocycles. The van der Waals surface area contributed by atoms with E-state index >= 15 is 0 Å². The smallest absolute Gasteiger partial charge is 0 e. The van der Waals surface area contributed by atoms with Gasteiger partial charge in [0.05, 0.1) is 0 Å². The normalized spacial score (nSPS) is 13.0. The standard InChI is InChI=1S/C18H18NSe.C11H20O2.Ir/c1-4-13(3)14-9-12(2)10-15(11-14)16-5-6-18-17(19-16)7-8-20-18;1-10(2,3)8(12)7-9(13)11(4,5)6;/h5-9,11,13H,4H2,1-3H3;7,12H,1-6H3;/q-1;;/b;8-7-;. The molecule has 0 saturated heterocycles. The van der Waals surface area contributed by atoms with Crippen molar-refractivity contribution in [3.05, 3.63) is 64.3 Å². The van der Waals surface area contributed by atoms with Crippen molar-refractivity contribution in [3.63, 3.8) is 0 Å². The van der Waals surface area contributed by atoms with Gasteiger partial charge in [-0.25, -0.2) is 0 Å². The first-order chi connectivity index (χ1) is 15.2. The van der Waals surface area contributed by atoms with Crippen molar-refractivity contribution in [1.29, 1.82) is 0 Å². The minimum absolute atomic E-state index is 0. The van der Waals surface area contributed by atoms with E-state index in [4.69, 9.17) is 4.98 Å². The number of aliphatic hydroxyl groups is 1. The van der Waals surface area contributed by atoms with Gasteiger partial charge in [0.15, 0.2) is 5.78 Å². The minimum atomic E-state index is -0.417. The van der Waals surface area contributed by atoms with E-state index in [0.29, 0.717) is 20.4 Å². The molecule has 187 valence electrons. The van der Waals surface area contributed by atoms with Crippen molar-refractivity contribution in [2.75, 3.05) is 0 Å². The van der Waals surface area contributed by atoms with Crippen molar-refractivity contribution < 1.29 is 30.0 Å². The van der Waals surface area contributed by atoms with E-state index in [1.807, 2.05) is 41.5 Å². The summed E-state index contributed by atoms with van der Waals surface area (Å²) in [6, 6.07) is 14.4. The number of aliphatic hydroxyl groups excluding tert-OH is 1. The molecule has 3 aromatic rings. The Bertz CT molecular complexity index is 1130. The monoisotopic (exact) mass is 705 g/mol. The van der Waals surface area contributed by atoms with Gasteiger partial charge in [0, 0.05) is 37.0 Å². The molecule has 34 heavy (non-hydrogen) atoms. The first kappa shape index (κ1) is 30.5. The van der Waals surface area contributed by atoms with Crippen molar-refractivity contribution >= 4 is 30.1 Å². The Morgan fingerprint density at radius 2 is 1.76 bits per heavy atom. The van der Waals surface area contributed by atoms with Crippen LogP contribution in [0.25, 0.3) is 21.0 Å².